The van der Waals surface area contributed by atoms with Crippen molar-refractivity contribution in [1.29, 1.82) is 0 Å². The lowest BCUT2D eigenvalue weighted by Crippen LogP contribution is -2.43. The smallest absolute Gasteiger partial charge is 0.329 e. The number of aromatic nitrogens is 5. The molecule has 1 aromatic carbocycles. The standard InChI is InChI=1S/C18H13F5N6O/c1-9-4-15-14(26-27-29(15)17-24-6-11(19)7-25-17)8-28(9)16(30)12-5-10(18(21,22)23)2-3-13(12)20/h2-3,5-7,9H,4,8H2,1H3. The number of carbonyl (C=O) groups is 1. The predicted molar refractivity (Wildman–Crippen MR) is 91.3 cm³/mol. The van der Waals surface area contributed by atoms with Gasteiger partial charge in [0.25, 0.3) is 11.9 Å². The molecule has 12 heteroatoms. The molecule has 2 aromatic heterocycles. The van der Waals surface area contributed by atoms with Gasteiger partial charge in [0.2, 0.25) is 0 Å². The van der Waals surface area contributed by atoms with E-state index in [0.29, 0.717) is 29.6 Å². The largest absolute Gasteiger partial charge is 0.416 e. The zero-order valence-corrected chi connectivity index (χ0v) is 15.4. The molecule has 1 unspecified atom stereocenters. The molecule has 7 nitrogen and oxygen atoms in total. The average molecular weight is 424 g/mol. The first-order chi connectivity index (χ1) is 14.1. The van der Waals surface area contributed by atoms with Gasteiger partial charge in [-0.3, -0.25) is 4.79 Å². The number of halogens is 5. The van der Waals surface area contributed by atoms with Gasteiger partial charge in [0.15, 0.2) is 5.82 Å². The van der Waals surface area contributed by atoms with Crippen LogP contribution in [0.5, 0.6) is 0 Å². The van der Waals surface area contributed by atoms with E-state index in [1.54, 1.807) is 6.92 Å². The highest BCUT2D eigenvalue weighted by atomic mass is 19.4. The van der Waals surface area contributed by atoms with Gasteiger partial charge in [0.05, 0.1) is 35.8 Å². The summed E-state index contributed by atoms with van der Waals surface area (Å²) in [5, 5.41) is 7.89. The first kappa shape index (κ1) is 19.9. The number of hydrogen-bond acceptors (Lipinski definition) is 5. The number of benzene rings is 1. The molecule has 1 atom stereocenters. The Balaban J connectivity index is 1.65. The number of amides is 1. The summed E-state index contributed by atoms with van der Waals surface area (Å²) in [5.74, 6) is -2.47. The van der Waals surface area contributed by atoms with E-state index in [9.17, 15) is 26.7 Å². The molecule has 0 saturated carbocycles. The Bertz CT molecular complexity index is 1110. The van der Waals surface area contributed by atoms with Gasteiger partial charge in [-0.15, -0.1) is 5.10 Å². The van der Waals surface area contributed by atoms with Crippen LogP contribution in [0.4, 0.5) is 22.0 Å². The maximum atomic E-state index is 14.2. The highest BCUT2D eigenvalue weighted by Crippen LogP contribution is 2.31. The average Bonchev–Trinajstić information content (AvgIpc) is 3.09. The van der Waals surface area contributed by atoms with Gasteiger partial charge in [0, 0.05) is 12.5 Å². The SMILES string of the molecule is CC1Cc2c(nnn2-c2ncc(F)cn2)CN1C(=O)c1cc(C(F)(F)F)ccc1F. The Kier molecular flexibility index (Phi) is 4.71. The lowest BCUT2D eigenvalue weighted by Gasteiger charge is -2.33. The maximum Gasteiger partial charge on any atom is 0.416 e. The molecule has 0 radical (unpaired) electrons. The summed E-state index contributed by atoms with van der Waals surface area (Å²) in [4.78, 5) is 21.7. The quantitative estimate of drug-likeness (QED) is 0.592. The second-order valence-corrected chi connectivity index (χ2v) is 6.77. The van der Waals surface area contributed by atoms with Gasteiger partial charge in [-0.1, -0.05) is 5.21 Å². The van der Waals surface area contributed by atoms with Crippen LogP contribution in [0.3, 0.4) is 0 Å². The molecule has 0 saturated heterocycles. The second-order valence-electron chi connectivity index (χ2n) is 6.77. The van der Waals surface area contributed by atoms with E-state index in [0.717, 1.165) is 12.4 Å². The van der Waals surface area contributed by atoms with Crippen LogP contribution in [-0.2, 0) is 19.1 Å². The third-order valence-electron chi connectivity index (χ3n) is 4.77. The normalized spacial score (nSPS) is 16.5. The van der Waals surface area contributed by atoms with Crippen LogP contribution >= 0.6 is 0 Å². The minimum absolute atomic E-state index is 0.0843. The zero-order chi connectivity index (χ0) is 21.6. The Morgan fingerprint density at radius 1 is 1.17 bits per heavy atom. The number of rotatable bonds is 2. The molecule has 1 aliphatic heterocycles. The van der Waals surface area contributed by atoms with Crippen molar-refractivity contribution in [3.63, 3.8) is 0 Å². The van der Waals surface area contributed by atoms with Crippen LogP contribution in [0.15, 0.2) is 30.6 Å². The first-order valence-electron chi connectivity index (χ1n) is 8.74. The number of hydrogen-bond donors (Lipinski definition) is 0. The monoisotopic (exact) mass is 424 g/mol. The third-order valence-corrected chi connectivity index (χ3v) is 4.77. The van der Waals surface area contributed by atoms with E-state index in [-0.39, 0.29) is 18.9 Å². The molecular weight excluding hydrogens is 411 g/mol. The Morgan fingerprint density at radius 2 is 1.87 bits per heavy atom. The lowest BCUT2D eigenvalue weighted by molar-refractivity contribution is -0.137. The molecular formula is C18H13F5N6O. The molecule has 3 heterocycles. The molecule has 0 spiro atoms. The fourth-order valence-corrected chi connectivity index (χ4v) is 3.23. The highest BCUT2D eigenvalue weighted by Gasteiger charge is 2.36. The predicted octanol–water partition coefficient (Wildman–Crippen LogP) is 2.94. The van der Waals surface area contributed by atoms with E-state index >= 15 is 0 Å². The van der Waals surface area contributed by atoms with Crippen LogP contribution in [-0.4, -0.2) is 41.8 Å². The fraction of sp³-hybridized carbons (Fsp3) is 0.278. The van der Waals surface area contributed by atoms with Crippen LogP contribution in [0.1, 0.15) is 34.2 Å². The molecule has 30 heavy (non-hydrogen) atoms. The van der Waals surface area contributed by atoms with Crippen molar-refractivity contribution in [2.24, 2.45) is 0 Å². The van der Waals surface area contributed by atoms with Crippen LogP contribution in [0, 0.1) is 11.6 Å². The Labute approximate surface area is 166 Å². The van der Waals surface area contributed by atoms with Crippen molar-refractivity contribution >= 4 is 5.91 Å². The number of alkyl halides is 3. The fourth-order valence-electron chi connectivity index (χ4n) is 3.23. The van der Waals surface area contributed by atoms with Crippen molar-refractivity contribution < 1.29 is 26.7 Å². The Morgan fingerprint density at radius 3 is 2.53 bits per heavy atom. The van der Waals surface area contributed by atoms with Gasteiger partial charge >= 0.3 is 6.18 Å². The summed E-state index contributed by atoms with van der Waals surface area (Å²) in [7, 11) is 0. The molecule has 156 valence electrons. The van der Waals surface area contributed by atoms with E-state index < -0.39 is 40.9 Å². The van der Waals surface area contributed by atoms with E-state index in [2.05, 4.69) is 20.3 Å². The summed E-state index contributed by atoms with van der Waals surface area (Å²) in [5.41, 5.74) is -0.851. The van der Waals surface area contributed by atoms with Crippen molar-refractivity contribution in [2.45, 2.75) is 32.1 Å². The maximum absolute atomic E-state index is 14.2. The van der Waals surface area contributed by atoms with Crippen LogP contribution < -0.4 is 0 Å². The van der Waals surface area contributed by atoms with Gasteiger partial charge in [0.1, 0.15) is 11.5 Å². The molecule has 0 aliphatic carbocycles. The summed E-state index contributed by atoms with van der Waals surface area (Å²) in [6, 6.07) is 1.20. The molecule has 1 amide bonds. The van der Waals surface area contributed by atoms with Gasteiger partial charge in [-0.2, -0.15) is 17.9 Å². The minimum atomic E-state index is -4.71. The lowest BCUT2D eigenvalue weighted by atomic mass is 10.0. The molecule has 0 fully saturated rings. The topological polar surface area (TPSA) is 76.8 Å². The summed E-state index contributed by atoms with van der Waals surface area (Å²) in [6.07, 6.45) is -2.56. The molecule has 0 N–H and O–H groups in total. The van der Waals surface area contributed by atoms with E-state index in [1.165, 1.54) is 9.58 Å². The van der Waals surface area contributed by atoms with Gasteiger partial charge in [-0.05, 0) is 25.1 Å². The Hall–Kier alpha value is -3.44. The van der Waals surface area contributed by atoms with Crippen molar-refractivity contribution in [2.75, 3.05) is 0 Å². The number of fused-ring (bicyclic) bond motifs is 1. The molecule has 1 aliphatic rings. The van der Waals surface area contributed by atoms with Crippen molar-refractivity contribution in [3.05, 3.63) is 64.7 Å². The van der Waals surface area contributed by atoms with Gasteiger partial charge in [-0.25, -0.2) is 18.7 Å². The van der Waals surface area contributed by atoms with E-state index in [1.807, 2.05) is 0 Å². The highest BCUT2D eigenvalue weighted by molar-refractivity contribution is 5.95. The van der Waals surface area contributed by atoms with Crippen LogP contribution in [0.2, 0.25) is 0 Å². The molecule has 3 aromatic rings. The van der Waals surface area contributed by atoms with Crippen LogP contribution in [0.25, 0.3) is 5.95 Å². The van der Waals surface area contributed by atoms with Crippen molar-refractivity contribution in [1.82, 2.24) is 29.9 Å². The van der Waals surface area contributed by atoms with E-state index in [4.69, 9.17) is 0 Å². The zero-order valence-electron chi connectivity index (χ0n) is 15.4. The minimum Gasteiger partial charge on any atom is -0.329 e. The number of carbonyl (C=O) groups excluding carboxylic acids is 1. The summed E-state index contributed by atoms with van der Waals surface area (Å²) >= 11 is 0. The summed E-state index contributed by atoms with van der Waals surface area (Å²) < 4.78 is 67.4. The first-order valence-corrected chi connectivity index (χ1v) is 8.74. The molecule has 0 bridgehead atoms. The summed E-state index contributed by atoms with van der Waals surface area (Å²) in [6.45, 7) is 1.57. The molecule has 4 rings (SSSR count). The second kappa shape index (κ2) is 7.11. The van der Waals surface area contributed by atoms with Gasteiger partial charge < -0.3 is 4.90 Å². The van der Waals surface area contributed by atoms with Crippen molar-refractivity contribution in [3.8, 4) is 5.95 Å². The number of nitrogens with zero attached hydrogens (tertiary/aromatic N) is 6. The third kappa shape index (κ3) is 3.48.